The van der Waals surface area contributed by atoms with E-state index in [0.717, 1.165) is 5.56 Å². The van der Waals surface area contributed by atoms with Crippen LogP contribution in [0.15, 0.2) is 18.2 Å². The van der Waals surface area contributed by atoms with Crippen LogP contribution in [-0.4, -0.2) is 29.6 Å². The lowest BCUT2D eigenvalue weighted by Crippen LogP contribution is -2.21. The van der Waals surface area contributed by atoms with Crippen LogP contribution in [0.5, 0.6) is 0 Å². The van der Waals surface area contributed by atoms with Crippen LogP contribution in [0.4, 0.5) is 0 Å². The van der Waals surface area contributed by atoms with Gasteiger partial charge in [0.05, 0.1) is 6.42 Å². The van der Waals surface area contributed by atoms with Crippen molar-refractivity contribution in [2.24, 2.45) is 0 Å². The van der Waals surface area contributed by atoms with Crippen molar-refractivity contribution >= 4 is 29.2 Å². The van der Waals surface area contributed by atoms with Gasteiger partial charge in [-0.1, -0.05) is 23.2 Å². The number of carbonyl (C=O) groups is 1. The Bertz CT molecular complexity index is 362. The number of hydrogen-bond acceptors (Lipinski definition) is 2. The Morgan fingerprint density at radius 3 is 2.38 bits per heavy atom. The number of carboxylic acids is 1. The van der Waals surface area contributed by atoms with Crippen LogP contribution in [-0.2, 0) is 11.3 Å². The van der Waals surface area contributed by atoms with E-state index >= 15 is 0 Å². The van der Waals surface area contributed by atoms with Crippen LogP contribution < -0.4 is 0 Å². The minimum absolute atomic E-state index is 0.130. The van der Waals surface area contributed by atoms with Gasteiger partial charge in [0.25, 0.3) is 0 Å². The van der Waals surface area contributed by atoms with Crippen molar-refractivity contribution in [3.05, 3.63) is 33.8 Å². The van der Waals surface area contributed by atoms with E-state index < -0.39 is 5.97 Å². The summed E-state index contributed by atoms with van der Waals surface area (Å²) >= 11 is 11.7. The second kappa shape index (κ2) is 6.09. The van der Waals surface area contributed by atoms with Gasteiger partial charge in [-0.2, -0.15) is 0 Å². The van der Waals surface area contributed by atoms with Gasteiger partial charge in [0, 0.05) is 23.1 Å². The van der Waals surface area contributed by atoms with E-state index in [2.05, 4.69) is 0 Å². The molecule has 1 aromatic rings. The molecule has 1 aromatic carbocycles. The van der Waals surface area contributed by atoms with Crippen LogP contribution in [0, 0.1) is 0 Å². The topological polar surface area (TPSA) is 40.5 Å². The molecule has 0 atom stereocenters. The van der Waals surface area contributed by atoms with Crippen molar-refractivity contribution in [1.82, 2.24) is 4.90 Å². The highest BCUT2D eigenvalue weighted by molar-refractivity contribution is 6.34. The smallest absolute Gasteiger partial charge is 0.304 e. The van der Waals surface area contributed by atoms with Gasteiger partial charge in [0.1, 0.15) is 0 Å². The fraction of sp³-hybridized carbons (Fsp3) is 0.364. The molecule has 0 unspecified atom stereocenters. The number of rotatable bonds is 5. The maximum atomic E-state index is 10.4. The molecular formula is C11H13Cl2NO2. The molecule has 16 heavy (non-hydrogen) atoms. The predicted molar refractivity (Wildman–Crippen MR) is 65.0 cm³/mol. The van der Waals surface area contributed by atoms with Crippen molar-refractivity contribution in [2.75, 3.05) is 13.6 Å². The van der Waals surface area contributed by atoms with E-state index in [1.165, 1.54) is 0 Å². The van der Waals surface area contributed by atoms with Crippen LogP contribution in [0.3, 0.4) is 0 Å². The molecule has 0 heterocycles. The standard InChI is InChI=1S/C11H13Cl2NO2/c1-14(3-2-11(15)16)7-8-4-9(12)6-10(13)5-8/h4-6H,2-3,7H2,1H3,(H,15,16). The fourth-order valence-corrected chi connectivity index (χ4v) is 1.95. The SMILES string of the molecule is CN(CCC(=O)O)Cc1cc(Cl)cc(Cl)c1. The van der Waals surface area contributed by atoms with Gasteiger partial charge < -0.3 is 10.0 Å². The average Bonchev–Trinajstić information content (AvgIpc) is 2.12. The number of benzene rings is 1. The highest BCUT2D eigenvalue weighted by atomic mass is 35.5. The first-order valence-corrected chi connectivity index (χ1v) is 5.58. The zero-order valence-corrected chi connectivity index (χ0v) is 10.4. The Labute approximate surface area is 105 Å². The van der Waals surface area contributed by atoms with E-state index in [1.54, 1.807) is 6.07 Å². The molecule has 0 aliphatic rings. The van der Waals surface area contributed by atoms with Gasteiger partial charge in [-0.25, -0.2) is 0 Å². The molecule has 1 rings (SSSR count). The lowest BCUT2D eigenvalue weighted by molar-refractivity contribution is -0.137. The normalized spacial score (nSPS) is 10.8. The predicted octanol–water partition coefficient (Wildman–Crippen LogP) is 2.90. The fourth-order valence-electron chi connectivity index (χ4n) is 1.38. The summed E-state index contributed by atoms with van der Waals surface area (Å²) in [7, 11) is 1.86. The first-order valence-electron chi connectivity index (χ1n) is 4.82. The molecular weight excluding hydrogens is 249 g/mol. The first-order chi connectivity index (χ1) is 7.47. The van der Waals surface area contributed by atoms with Crippen molar-refractivity contribution in [1.29, 1.82) is 0 Å². The Balaban J connectivity index is 2.55. The molecule has 3 nitrogen and oxygen atoms in total. The molecule has 0 saturated heterocycles. The second-order valence-corrected chi connectivity index (χ2v) is 4.53. The van der Waals surface area contributed by atoms with Gasteiger partial charge in [-0.15, -0.1) is 0 Å². The molecule has 0 aliphatic heterocycles. The minimum Gasteiger partial charge on any atom is -0.481 e. The number of hydrogen-bond donors (Lipinski definition) is 1. The zero-order valence-electron chi connectivity index (χ0n) is 8.91. The van der Waals surface area contributed by atoms with Crippen molar-refractivity contribution < 1.29 is 9.90 Å². The number of halogens is 2. The summed E-state index contributed by atoms with van der Waals surface area (Å²) in [4.78, 5) is 12.3. The van der Waals surface area contributed by atoms with E-state index in [4.69, 9.17) is 28.3 Å². The quantitative estimate of drug-likeness (QED) is 0.886. The van der Waals surface area contributed by atoms with Gasteiger partial charge >= 0.3 is 5.97 Å². The third kappa shape index (κ3) is 4.84. The molecule has 0 aromatic heterocycles. The summed E-state index contributed by atoms with van der Waals surface area (Å²) < 4.78 is 0. The Hall–Kier alpha value is -0.770. The van der Waals surface area contributed by atoms with E-state index in [-0.39, 0.29) is 6.42 Å². The molecule has 5 heteroatoms. The summed E-state index contributed by atoms with van der Waals surface area (Å²) in [5.74, 6) is -0.795. The second-order valence-electron chi connectivity index (χ2n) is 3.66. The highest BCUT2D eigenvalue weighted by Gasteiger charge is 2.05. The highest BCUT2D eigenvalue weighted by Crippen LogP contribution is 2.19. The summed E-state index contributed by atoms with van der Waals surface area (Å²) in [6.45, 7) is 1.13. The van der Waals surface area contributed by atoms with Gasteiger partial charge in [0.15, 0.2) is 0 Å². The number of aliphatic carboxylic acids is 1. The lowest BCUT2D eigenvalue weighted by atomic mass is 10.2. The van der Waals surface area contributed by atoms with E-state index in [1.807, 2.05) is 24.1 Å². The Morgan fingerprint density at radius 1 is 1.31 bits per heavy atom. The average molecular weight is 262 g/mol. The molecule has 0 aliphatic carbocycles. The summed E-state index contributed by atoms with van der Waals surface area (Å²) in [5, 5.41) is 9.73. The largest absolute Gasteiger partial charge is 0.481 e. The van der Waals surface area contributed by atoms with Gasteiger partial charge in [0.2, 0.25) is 0 Å². The lowest BCUT2D eigenvalue weighted by Gasteiger charge is -2.15. The molecule has 0 radical (unpaired) electrons. The van der Waals surface area contributed by atoms with Gasteiger partial charge in [-0.3, -0.25) is 4.79 Å². The number of nitrogens with zero attached hydrogens (tertiary/aromatic N) is 1. The Morgan fingerprint density at radius 2 is 1.88 bits per heavy atom. The first kappa shape index (κ1) is 13.3. The molecule has 0 saturated carbocycles. The van der Waals surface area contributed by atoms with Crippen molar-refractivity contribution in [3.8, 4) is 0 Å². The van der Waals surface area contributed by atoms with Crippen molar-refractivity contribution in [2.45, 2.75) is 13.0 Å². The molecule has 0 amide bonds. The molecule has 0 fully saturated rings. The summed E-state index contributed by atoms with van der Waals surface area (Å²) in [6, 6.07) is 5.32. The van der Waals surface area contributed by atoms with Crippen LogP contribution in [0.1, 0.15) is 12.0 Å². The van der Waals surface area contributed by atoms with E-state index in [0.29, 0.717) is 23.1 Å². The molecule has 1 N–H and O–H groups in total. The van der Waals surface area contributed by atoms with Crippen molar-refractivity contribution in [3.63, 3.8) is 0 Å². The maximum Gasteiger partial charge on any atom is 0.304 e. The Kier molecular flexibility index (Phi) is 5.06. The van der Waals surface area contributed by atoms with Crippen LogP contribution in [0.25, 0.3) is 0 Å². The zero-order chi connectivity index (χ0) is 12.1. The van der Waals surface area contributed by atoms with Crippen LogP contribution in [0.2, 0.25) is 10.0 Å². The summed E-state index contributed by atoms with van der Waals surface area (Å²) in [5.41, 5.74) is 0.977. The maximum absolute atomic E-state index is 10.4. The third-order valence-electron chi connectivity index (χ3n) is 2.08. The van der Waals surface area contributed by atoms with Crippen LogP contribution >= 0.6 is 23.2 Å². The molecule has 0 spiro atoms. The van der Waals surface area contributed by atoms with E-state index in [9.17, 15) is 4.79 Å². The summed E-state index contributed by atoms with van der Waals surface area (Å²) in [6.07, 6.45) is 0.130. The third-order valence-corrected chi connectivity index (χ3v) is 2.52. The van der Waals surface area contributed by atoms with Gasteiger partial charge in [-0.05, 0) is 30.8 Å². The molecule has 88 valence electrons. The minimum atomic E-state index is -0.795. The molecule has 0 bridgehead atoms. The monoisotopic (exact) mass is 261 g/mol. The number of carboxylic acid groups (broad SMARTS) is 1.